The highest BCUT2D eigenvalue weighted by Gasteiger charge is 2.07. The van der Waals surface area contributed by atoms with Gasteiger partial charge < -0.3 is 9.47 Å². The predicted octanol–water partition coefficient (Wildman–Crippen LogP) is 2.53. The summed E-state index contributed by atoms with van der Waals surface area (Å²) in [5, 5.41) is 1.07. The second-order valence-electron chi connectivity index (χ2n) is 4.13. The van der Waals surface area contributed by atoms with E-state index in [1.807, 2.05) is 0 Å². The van der Waals surface area contributed by atoms with Crippen molar-refractivity contribution in [1.29, 1.82) is 0 Å². The number of rotatable bonds is 11. The molecule has 4 heteroatoms. The summed E-state index contributed by atoms with van der Waals surface area (Å²) in [5.74, 6) is 0. The Labute approximate surface area is 109 Å². The van der Waals surface area contributed by atoms with Crippen molar-refractivity contribution in [3.63, 3.8) is 0 Å². The molecule has 0 saturated heterocycles. The molecule has 0 atom stereocenters. The third-order valence-corrected chi connectivity index (χ3v) is 3.03. The van der Waals surface area contributed by atoms with E-state index >= 15 is 0 Å². The van der Waals surface area contributed by atoms with E-state index in [1.54, 1.807) is 7.11 Å². The lowest BCUT2D eigenvalue weighted by Crippen LogP contribution is -2.35. The fraction of sp³-hybridized carbons (Fsp3) is 1.00. The summed E-state index contributed by atoms with van der Waals surface area (Å²) in [5.41, 5.74) is 0. The number of ether oxygens (including phenoxy) is 2. The average molecular weight is 296 g/mol. The molecule has 0 spiro atoms. The van der Waals surface area contributed by atoms with Gasteiger partial charge >= 0.3 is 0 Å². The standard InChI is InChI=1S/C12H26BrNO2/c1-12(2)14(7-4-6-13)8-11-16-10-5-9-15-3/h12H,4-11H2,1-3H3. The maximum absolute atomic E-state index is 5.56. The number of halogens is 1. The highest BCUT2D eigenvalue weighted by atomic mass is 79.9. The molecule has 0 radical (unpaired) electrons. The van der Waals surface area contributed by atoms with Crippen molar-refractivity contribution in [3.8, 4) is 0 Å². The summed E-state index contributed by atoms with van der Waals surface area (Å²) in [6, 6.07) is 0.599. The van der Waals surface area contributed by atoms with Gasteiger partial charge in [0.2, 0.25) is 0 Å². The zero-order chi connectivity index (χ0) is 12.2. The normalized spacial score (nSPS) is 11.6. The van der Waals surface area contributed by atoms with Crippen LogP contribution in [0.5, 0.6) is 0 Å². The number of hydrogen-bond acceptors (Lipinski definition) is 3. The van der Waals surface area contributed by atoms with Gasteiger partial charge in [-0.25, -0.2) is 0 Å². The van der Waals surface area contributed by atoms with Crippen molar-refractivity contribution < 1.29 is 9.47 Å². The lowest BCUT2D eigenvalue weighted by atomic mass is 10.3. The molecule has 0 saturated carbocycles. The zero-order valence-electron chi connectivity index (χ0n) is 10.9. The summed E-state index contributed by atoms with van der Waals surface area (Å²) in [6.07, 6.45) is 2.18. The number of alkyl halides is 1. The average Bonchev–Trinajstić information content (AvgIpc) is 2.26. The minimum absolute atomic E-state index is 0.599. The van der Waals surface area contributed by atoms with Gasteiger partial charge in [0.25, 0.3) is 0 Å². The Balaban J connectivity index is 3.44. The van der Waals surface area contributed by atoms with Crippen LogP contribution >= 0.6 is 15.9 Å². The van der Waals surface area contributed by atoms with E-state index < -0.39 is 0 Å². The van der Waals surface area contributed by atoms with Gasteiger partial charge in [0.1, 0.15) is 0 Å². The molecule has 0 N–H and O–H groups in total. The lowest BCUT2D eigenvalue weighted by Gasteiger charge is -2.25. The fourth-order valence-corrected chi connectivity index (χ4v) is 1.73. The first-order chi connectivity index (χ1) is 7.72. The van der Waals surface area contributed by atoms with Crippen LogP contribution in [0.1, 0.15) is 26.7 Å². The van der Waals surface area contributed by atoms with Gasteiger partial charge in [-0.3, -0.25) is 4.90 Å². The first-order valence-corrected chi connectivity index (χ1v) is 7.21. The van der Waals surface area contributed by atoms with E-state index in [2.05, 4.69) is 34.7 Å². The van der Waals surface area contributed by atoms with Crippen LogP contribution < -0.4 is 0 Å². The minimum Gasteiger partial charge on any atom is -0.385 e. The van der Waals surface area contributed by atoms with E-state index in [0.29, 0.717) is 6.04 Å². The van der Waals surface area contributed by atoms with E-state index in [9.17, 15) is 0 Å². The Morgan fingerprint density at radius 3 is 2.38 bits per heavy atom. The molecule has 0 aromatic rings. The lowest BCUT2D eigenvalue weighted by molar-refractivity contribution is 0.0763. The first-order valence-electron chi connectivity index (χ1n) is 6.09. The molecule has 98 valence electrons. The Kier molecular flexibility index (Phi) is 12.1. The molecule has 0 aromatic carbocycles. The Bertz CT molecular complexity index is 145. The highest BCUT2D eigenvalue weighted by molar-refractivity contribution is 9.09. The molecule has 0 bridgehead atoms. The molecular weight excluding hydrogens is 270 g/mol. The SMILES string of the molecule is COCCCOCCN(CCCBr)C(C)C. The van der Waals surface area contributed by atoms with Gasteiger partial charge in [0.05, 0.1) is 6.61 Å². The number of hydrogen-bond donors (Lipinski definition) is 0. The van der Waals surface area contributed by atoms with Gasteiger partial charge in [-0.05, 0) is 33.2 Å². The maximum Gasteiger partial charge on any atom is 0.0593 e. The third-order valence-electron chi connectivity index (χ3n) is 2.47. The Morgan fingerprint density at radius 2 is 1.81 bits per heavy atom. The largest absolute Gasteiger partial charge is 0.385 e. The minimum atomic E-state index is 0.599. The predicted molar refractivity (Wildman–Crippen MR) is 72.4 cm³/mol. The summed E-state index contributed by atoms with van der Waals surface area (Å²) in [4.78, 5) is 2.46. The van der Waals surface area contributed by atoms with Gasteiger partial charge in [-0.2, -0.15) is 0 Å². The van der Waals surface area contributed by atoms with E-state index in [4.69, 9.17) is 9.47 Å². The van der Waals surface area contributed by atoms with Crippen LogP contribution in [0.2, 0.25) is 0 Å². The van der Waals surface area contributed by atoms with Crippen molar-refractivity contribution in [2.75, 3.05) is 45.4 Å². The Hall–Kier alpha value is 0.360. The second kappa shape index (κ2) is 11.8. The molecule has 0 fully saturated rings. The van der Waals surface area contributed by atoms with Gasteiger partial charge in [-0.1, -0.05) is 15.9 Å². The van der Waals surface area contributed by atoms with Gasteiger partial charge in [-0.15, -0.1) is 0 Å². The van der Waals surface area contributed by atoms with E-state index in [1.165, 1.54) is 6.42 Å². The summed E-state index contributed by atoms with van der Waals surface area (Å²) in [7, 11) is 1.72. The first kappa shape index (κ1) is 16.4. The molecule has 0 rings (SSSR count). The third kappa shape index (κ3) is 9.58. The number of methoxy groups -OCH3 is 1. The van der Waals surface area contributed by atoms with Crippen LogP contribution in [0.4, 0.5) is 0 Å². The fourth-order valence-electron chi connectivity index (χ4n) is 1.48. The van der Waals surface area contributed by atoms with Crippen LogP contribution in [-0.2, 0) is 9.47 Å². The molecule has 16 heavy (non-hydrogen) atoms. The molecule has 0 aromatic heterocycles. The zero-order valence-corrected chi connectivity index (χ0v) is 12.5. The van der Waals surface area contributed by atoms with Gasteiger partial charge in [0, 0.05) is 38.2 Å². The van der Waals surface area contributed by atoms with Crippen molar-refractivity contribution in [3.05, 3.63) is 0 Å². The Morgan fingerprint density at radius 1 is 1.06 bits per heavy atom. The van der Waals surface area contributed by atoms with Crippen molar-refractivity contribution in [2.24, 2.45) is 0 Å². The number of nitrogens with zero attached hydrogens (tertiary/aromatic N) is 1. The van der Waals surface area contributed by atoms with Crippen LogP contribution in [0, 0.1) is 0 Å². The smallest absolute Gasteiger partial charge is 0.0593 e. The molecule has 0 amide bonds. The van der Waals surface area contributed by atoms with Crippen LogP contribution in [-0.4, -0.2) is 56.3 Å². The summed E-state index contributed by atoms with van der Waals surface area (Å²) in [6.45, 7) is 9.06. The van der Waals surface area contributed by atoms with Gasteiger partial charge in [0.15, 0.2) is 0 Å². The second-order valence-corrected chi connectivity index (χ2v) is 4.92. The molecule has 3 nitrogen and oxygen atoms in total. The molecule has 0 aliphatic carbocycles. The van der Waals surface area contributed by atoms with Crippen LogP contribution in [0.3, 0.4) is 0 Å². The summed E-state index contributed by atoms with van der Waals surface area (Å²) < 4.78 is 10.5. The van der Waals surface area contributed by atoms with Crippen molar-refractivity contribution in [1.82, 2.24) is 4.90 Å². The highest BCUT2D eigenvalue weighted by Crippen LogP contribution is 2.01. The van der Waals surface area contributed by atoms with Crippen LogP contribution in [0.15, 0.2) is 0 Å². The molecule has 0 heterocycles. The van der Waals surface area contributed by atoms with Crippen molar-refractivity contribution >= 4 is 15.9 Å². The molecule has 0 unspecified atom stereocenters. The monoisotopic (exact) mass is 295 g/mol. The van der Waals surface area contributed by atoms with E-state index in [0.717, 1.165) is 44.7 Å². The maximum atomic E-state index is 5.56. The quantitative estimate of drug-likeness (QED) is 0.432. The van der Waals surface area contributed by atoms with Crippen molar-refractivity contribution in [2.45, 2.75) is 32.7 Å². The molecule has 0 aliphatic heterocycles. The molecular formula is C12H26BrNO2. The van der Waals surface area contributed by atoms with Crippen LogP contribution in [0.25, 0.3) is 0 Å². The topological polar surface area (TPSA) is 21.7 Å². The van der Waals surface area contributed by atoms with E-state index in [-0.39, 0.29) is 0 Å². The summed E-state index contributed by atoms with van der Waals surface area (Å²) >= 11 is 3.47. The molecule has 0 aliphatic rings.